The molecule has 2 aromatic rings. The molecule has 158 valence electrons. The Hall–Kier alpha value is -2.99. The molecule has 1 fully saturated rings. The minimum absolute atomic E-state index is 0.0355. The molecule has 0 aliphatic carbocycles. The zero-order valence-corrected chi connectivity index (χ0v) is 14.9. The van der Waals surface area contributed by atoms with Crippen LogP contribution in [0.15, 0.2) is 30.3 Å². The minimum Gasteiger partial charge on any atom is -0.475 e. The van der Waals surface area contributed by atoms with Gasteiger partial charge in [-0.05, 0) is 18.2 Å². The SMILES string of the molecule is O=C(NCC1CNCCO1)c1cc(-c2ccccc2F)n[nH]1.O=C(O)C(F)(F)F. The number of aliphatic carboxylic acids is 1. The van der Waals surface area contributed by atoms with Gasteiger partial charge in [-0.2, -0.15) is 18.3 Å². The van der Waals surface area contributed by atoms with E-state index in [9.17, 15) is 22.4 Å². The number of carbonyl (C=O) groups is 2. The maximum absolute atomic E-state index is 13.7. The Morgan fingerprint density at radius 1 is 1.31 bits per heavy atom. The number of hydrogen-bond donors (Lipinski definition) is 4. The van der Waals surface area contributed by atoms with Crippen molar-refractivity contribution >= 4 is 11.9 Å². The summed E-state index contributed by atoms with van der Waals surface area (Å²) in [5, 5.41) is 19.7. The number of nitrogens with zero attached hydrogens (tertiary/aromatic N) is 1. The monoisotopic (exact) mass is 418 g/mol. The Morgan fingerprint density at radius 2 is 2.00 bits per heavy atom. The Labute approximate surface area is 162 Å². The second kappa shape index (κ2) is 9.98. The van der Waals surface area contributed by atoms with Gasteiger partial charge in [-0.1, -0.05) is 12.1 Å². The molecule has 1 aromatic carbocycles. The molecule has 1 aliphatic rings. The van der Waals surface area contributed by atoms with Crippen LogP contribution in [0.25, 0.3) is 11.3 Å². The molecule has 0 radical (unpaired) electrons. The molecule has 1 saturated heterocycles. The highest BCUT2D eigenvalue weighted by Crippen LogP contribution is 2.20. The van der Waals surface area contributed by atoms with Crippen molar-refractivity contribution in [2.24, 2.45) is 0 Å². The third kappa shape index (κ3) is 6.84. The highest BCUT2D eigenvalue weighted by molar-refractivity contribution is 5.93. The van der Waals surface area contributed by atoms with Gasteiger partial charge in [0.25, 0.3) is 5.91 Å². The van der Waals surface area contributed by atoms with E-state index in [1.54, 1.807) is 18.2 Å². The summed E-state index contributed by atoms with van der Waals surface area (Å²) in [4.78, 5) is 21.0. The number of halogens is 4. The first-order chi connectivity index (χ1) is 13.7. The van der Waals surface area contributed by atoms with Crippen LogP contribution < -0.4 is 10.6 Å². The number of carboxylic acids is 1. The molecule has 1 amide bonds. The maximum atomic E-state index is 13.7. The maximum Gasteiger partial charge on any atom is 0.490 e. The van der Waals surface area contributed by atoms with Crippen LogP contribution in [0.5, 0.6) is 0 Å². The molecule has 1 atom stereocenters. The Balaban J connectivity index is 0.000000370. The summed E-state index contributed by atoms with van der Waals surface area (Å²) in [5.74, 6) is -3.42. The number of carbonyl (C=O) groups excluding carboxylic acids is 1. The summed E-state index contributed by atoms with van der Waals surface area (Å²) in [6.07, 6.45) is -5.12. The smallest absolute Gasteiger partial charge is 0.475 e. The number of nitrogens with one attached hydrogen (secondary N) is 3. The largest absolute Gasteiger partial charge is 0.490 e. The molecule has 2 heterocycles. The van der Waals surface area contributed by atoms with E-state index >= 15 is 0 Å². The van der Waals surface area contributed by atoms with Crippen LogP contribution >= 0.6 is 0 Å². The summed E-state index contributed by atoms with van der Waals surface area (Å²) in [5.41, 5.74) is 1.05. The van der Waals surface area contributed by atoms with Crippen LogP contribution in [-0.4, -0.2) is 65.7 Å². The van der Waals surface area contributed by atoms with E-state index < -0.39 is 12.1 Å². The number of amides is 1. The van der Waals surface area contributed by atoms with Crippen molar-refractivity contribution in [3.05, 3.63) is 41.8 Å². The van der Waals surface area contributed by atoms with Gasteiger partial charge in [-0.15, -0.1) is 0 Å². The molecular formula is C17H18F4N4O4. The first-order valence-electron chi connectivity index (χ1n) is 8.39. The van der Waals surface area contributed by atoms with Crippen molar-refractivity contribution in [1.29, 1.82) is 0 Å². The van der Waals surface area contributed by atoms with Crippen LogP contribution in [0.2, 0.25) is 0 Å². The number of aromatic amines is 1. The van der Waals surface area contributed by atoms with Gasteiger partial charge < -0.3 is 20.5 Å². The fourth-order valence-corrected chi connectivity index (χ4v) is 2.30. The van der Waals surface area contributed by atoms with Crippen LogP contribution in [0, 0.1) is 5.82 Å². The van der Waals surface area contributed by atoms with Gasteiger partial charge in [0.2, 0.25) is 0 Å². The standard InChI is InChI=1S/C15H17FN4O2.C2HF3O2/c16-12-4-2-1-3-11(12)13-7-14(20-19-13)15(21)18-9-10-8-17-5-6-22-10;3-2(4,5)1(6)7/h1-4,7,10,17H,5-6,8-9H2,(H,18,21)(H,19,20);(H,6,7). The number of hydrogen-bond acceptors (Lipinski definition) is 5. The van der Waals surface area contributed by atoms with Crippen molar-refractivity contribution in [1.82, 2.24) is 20.8 Å². The van der Waals surface area contributed by atoms with Crippen LogP contribution in [0.3, 0.4) is 0 Å². The quantitative estimate of drug-likeness (QED) is 0.560. The third-order valence-electron chi connectivity index (χ3n) is 3.71. The van der Waals surface area contributed by atoms with Gasteiger partial charge in [0.1, 0.15) is 11.5 Å². The highest BCUT2D eigenvalue weighted by Gasteiger charge is 2.38. The Morgan fingerprint density at radius 3 is 2.59 bits per heavy atom. The summed E-state index contributed by atoms with van der Waals surface area (Å²) in [7, 11) is 0. The molecule has 3 rings (SSSR count). The van der Waals surface area contributed by atoms with Crippen LogP contribution in [-0.2, 0) is 9.53 Å². The molecular weight excluding hydrogens is 400 g/mol. The number of aromatic nitrogens is 2. The number of H-pyrrole nitrogens is 1. The first-order valence-corrected chi connectivity index (χ1v) is 8.39. The van der Waals surface area contributed by atoms with Crippen molar-refractivity contribution < 1.29 is 37.0 Å². The van der Waals surface area contributed by atoms with E-state index in [-0.39, 0.29) is 17.8 Å². The second-order valence-corrected chi connectivity index (χ2v) is 5.86. The minimum atomic E-state index is -5.08. The van der Waals surface area contributed by atoms with Gasteiger partial charge in [0.05, 0.1) is 18.4 Å². The lowest BCUT2D eigenvalue weighted by Crippen LogP contribution is -2.45. The third-order valence-corrected chi connectivity index (χ3v) is 3.71. The topological polar surface area (TPSA) is 116 Å². The number of carboxylic acid groups (broad SMARTS) is 1. The zero-order valence-electron chi connectivity index (χ0n) is 14.9. The van der Waals surface area contributed by atoms with Crippen molar-refractivity contribution in [2.75, 3.05) is 26.2 Å². The molecule has 8 nitrogen and oxygen atoms in total. The van der Waals surface area contributed by atoms with Crippen molar-refractivity contribution in [2.45, 2.75) is 12.3 Å². The lowest BCUT2D eigenvalue weighted by atomic mass is 10.1. The lowest BCUT2D eigenvalue weighted by molar-refractivity contribution is -0.192. The summed E-state index contributed by atoms with van der Waals surface area (Å²) >= 11 is 0. The first kappa shape index (κ1) is 22.3. The molecule has 1 unspecified atom stereocenters. The number of rotatable bonds is 4. The number of morpholine rings is 1. The van der Waals surface area contributed by atoms with Gasteiger partial charge in [-0.25, -0.2) is 9.18 Å². The van der Waals surface area contributed by atoms with Gasteiger partial charge in [0, 0.05) is 25.2 Å². The van der Waals surface area contributed by atoms with Gasteiger partial charge >= 0.3 is 12.1 Å². The van der Waals surface area contributed by atoms with Crippen molar-refractivity contribution in [3.8, 4) is 11.3 Å². The Kier molecular flexibility index (Phi) is 7.67. The molecule has 29 heavy (non-hydrogen) atoms. The highest BCUT2D eigenvalue weighted by atomic mass is 19.4. The molecule has 4 N–H and O–H groups in total. The predicted octanol–water partition coefficient (Wildman–Crippen LogP) is 1.57. The molecule has 1 aromatic heterocycles. The summed E-state index contributed by atoms with van der Waals surface area (Å²) in [6.45, 7) is 2.60. The molecule has 0 saturated carbocycles. The number of ether oxygens (including phenoxy) is 1. The van der Waals surface area contributed by atoms with Crippen molar-refractivity contribution in [3.63, 3.8) is 0 Å². The van der Waals surface area contributed by atoms with E-state index in [0.717, 1.165) is 6.54 Å². The fourth-order valence-electron chi connectivity index (χ4n) is 2.30. The summed E-state index contributed by atoms with van der Waals surface area (Å²) in [6, 6.07) is 7.84. The lowest BCUT2D eigenvalue weighted by Gasteiger charge is -2.23. The normalized spacial score (nSPS) is 16.5. The number of benzene rings is 1. The van der Waals surface area contributed by atoms with E-state index in [1.807, 2.05) is 0 Å². The molecule has 1 aliphatic heterocycles. The van der Waals surface area contributed by atoms with E-state index in [4.69, 9.17) is 14.6 Å². The molecule has 0 spiro atoms. The molecule has 0 bridgehead atoms. The van der Waals surface area contributed by atoms with Gasteiger partial charge in [0.15, 0.2) is 0 Å². The van der Waals surface area contributed by atoms with E-state index in [2.05, 4.69) is 20.8 Å². The number of alkyl halides is 3. The van der Waals surface area contributed by atoms with Gasteiger partial charge in [-0.3, -0.25) is 9.89 Å². The zero-order chi connectivity index (χ0) is 21.4. The predicted molar refractivity (Wildman–Crippen MR) is 92.6 cm³/mol. The average molecular weight is 418 g/mol. The second-order valence-electron chi connectivity index (χ2n) is 5.86. The fraction of sp³-hybridized carbons (Fsp3) is 0.353. The summed E-state index contributed by atoms with van der Waals surface area (Å²) < 4.78 is 50.9. The van der Waals surface area contributed by atoms with E-state index in [0.29, 0.717) is 36.6 Å². The molecule has 12 heteroatoms. The van der Waals surface area contributed by atoms with Crippen LogP contribution in [0.4, 0.5) is 17.6 Å². The van der Waals surface area contributed by atoms with E-state index in [1.165, 1.54) is 12.1 Å². The van der Waals surface area contributed by atoms with Crippen LogP contribution in [0.1, 0.15) is 10.5 Å². The Bertz CT molecular complexity index is 835. The average Bonchev–Trinajstić information content (AvgIpc) is 3.17.